The van der Waals surface area contributed by atoms with E-state index in [2.05, 4.69) is 10.6 Å². The Morgan fingerprint density at radius 2 is 1.80 bits per heavy atom. The van der Waals surface area contributed by atoms with E-state index in [4.69, 9.17) is 5.11 Å². The summed E-state index contributed by atoms with van der Waals surface area (Å²) in [6, 6.07) is 12.4. The molecule has 0 heterocycles. The summed E-state index contributed by atoms with van der Waals surface area (Å²) in [5.41, 5.74) is 0.855. The monoisotopic (exact) mass is 429 g/mol. The number of carbonyl (C=O) groups is 3. The van der Waals surface area contributed by atoms with Crippen LogP contribution < -0.4 is 10.6 Å². The summed E-state index contributed by atoms with van der Waals surface area (Å²) in [4.78, 5) is 45.7. The van der Waals surface area contributed by atoms with Crippen molar-refractivity contribution in [3.05, 3.63) is 70.8 Å². The first-order chi connectivity index (χ1) is 14.3. The van der Waals surface area contributed by atoms with Crippen molar-refractivity contribution in [1.29, 1.82) is 0 Å². The average molecular weight is 429 g/mol. The number of thioether (sulfide) groups is 1. The van der Waals surface area contributed by atoms with Crippen molar-refractivity contribution in [3.63, 3.8) is 0 Å². The molecule has 10 heteroatoms. The number of rotatable bonds is 9. The van der Waals surface area contributed by atoms with Gasteiger partial charge in [-0.3, -0.25) is 19.7 Å². The second kappa shape index (κ2) is 10.8. The molecule has 30 heavy (non-hydrogen) atoms. The number of carbonyl (C=O) groups excluding carboxylic acids is 2. The minimum Gasteiger partial charge on any atom is -0.478 e. The van der Waals surface area contributed by atoms with Crippen LogP contribution in [0.3, 0.4) is 0 Å². The number of non-ortho nitro benzene ring substituents is 1. The highest BCUT2D eigenvalue weighted by atomic mass is 32.2. The second-order valence-electron chi connectivity index (χ2n) is 6.00. The third-order valence-corrected chi connectivity index (χ3v) is 5.12. The summed E-state index contributed by atoms with van der Waals surface area (Å²) >= 11 is 1.30. The van der Waals surface area contributed by atoms with Crippen LogP contribution in [0, 0.1) is 10.1 Å². The Balaban J connectivity index is 2.02. The van der Waals surface area contributed by atoms with Gasteiger partial charge in [0.25, 0.3) is 5.69 Å². The Hall–Kier alpha value is -3.66. The van der Waals surface area contributed by atoms with Crippen LogP contribution in [0.5, 0.6) is 0 Å². The van der Waals surface area contributed by atoms with Crippen LogP contribution in [0.2, 0.25) is 0 Å². The Morgan fingerprint density at radius 1 is 1.10 bits per heavy atom. The normalized spacial score (nSPS) is 11.6. The fraction of sp³-hybridized carbons (Fsp3) is 0.150. The number of hydrogen-bond donors (Lipinski definition) is 3. The fourth-order valence-corrected chi connectivity index (χ4v) is 3.37. The SMILES string of the molecule is CCC(Sc1cccc(NC(=O)/C=C/C(=O)O)c1)C(=O)Nc1ccc([N+](=O)[O-])cc1. The van der Waals surface area contributed by atoms with Crippen molar-refractivity contribution < 1.29 is 24.4 Å². The van der Waals surface area contributed by atoms with Crippen molar-refractivity contribution >= 4 is 46.6 Å². The minimum atomic E-state index is -1.22. The molecule has 0 aliphatic heterocycles. The van der Waals surface area contributed by atoms with E-state index in [1.807, 2.05) is 6.92 Å². The molecule has 0 fully saturated rings. The summed E-state index contributed by atoms with van der Waals surface area (Å²) in [5, 5.41) is 24.1. The number of amides is 2. The molecule has 3 N–H and O–H groups in total. The number of anilines is 2. The van der Waals surface area contributed by atoms with Gasteiger partial charge in [-0.15, -0.1) is 11.8 Å². The Morgan fingerprint density at radius 3 is 2.40 bits per heavy atom. The van der Waals surface area contributed by atoms with Crippen LogP contribution in [-0.2, 0) is 14.4 Å². The van der Waals surface area contributed by atoms with Crippen molar-refractivity contribution in [3.8, 4) is 0 Å². The van der Waals surface area contributed by atoms with Crippen LogP contribution in [0.1, 0.15) is 13.3 Å². The molecule has 0 saturated carbocycles. The zero-order valence-corrected chi connectivity index (χ0v) is 16.7. The van der Waals surface area contributed by atoms with Crippen LogP contribution in [0.4, 0.5) is 17.1 Å². The number of nitrogens with one attached hydrogen (secondary N) is 2. The lowest BCUT2D eigenvalue weighted by Crippen LogP contribution is -2.24. The maximum Gasteiger partial charge on any atom is 0.328 e. The van der Waals surface area contributed by atoms with Crippen molar-refractivity contribution in [2.45, 2.75) is 23.5 Å². The molecule has 0 saturated heterocycles. The van der Waals surface area contributed by atoms with E-state index < -0.39 is 22.0 Å². The average Bonchev–Trinajstić information content (AvgIpc) is 2.71. The molecule has 0 aromatic heterocycles. The Kier molecular flexibility index (Phi) is 8.12. The van der Waals surface area contributed by atoms with Crippen molar-refractivity contribution in [2.75, 3.05) is 10.6 Å². The topological polar surface area (TPSA) is 139 Å². The molecule has 0 spiro atoms. The van der Waals surface area contributed by atoms with E-state index >= 15 is 0 Å². The van der Waals surface area contributed by atoms with E-state index in [9.17, 15) is 24.5 Å². The summed E-state index contributed by atoms with van der Waals surface area (Å²) < 4.78 is 0. The molecular formula is C20H19N3O6S. The van der Waals surface area contributed by atoms with Crippen LogP contribution in [-0.4, -0.2) is 33.1 Å². The lowest BCUT2D eigenvalue weighted by atomic mass is 10.2. The second-order valence-corrected chi connectivity index (χ2v) is 7.27. The lowest BCUT2D eigenvalue weighted by Gasteiger charge is -2.15. The molecule has 2 aromatic carbocycles. The molecule has 2 rings (SSSR count). The summed E-state index contributed by atoms with van der Waals surface area (Å²) in [6.45, 7) is 1.86. The summed E-state index contributed by atoms with van der Waals surface area (Å²) in [7, 11) is 0. The van der Waals surface area contributed by atoms with Gasteiger partial charge >= 0.3 is 5.97 Å². The minimum absolute atomic E-state index is 0.0634. The standard InChI is InChI=1S/C20H19N3O6S/c1-2-17(20(27)22-13-6-8-15(9-7-13)23(28)29)30-16-5-3-4-14(12-16)21-18(24)10-11-19(25)26/h3-12,17H,2H2,1H3,(H,21,24)(H,22,27)(H,25,26)/b11-10+. The fourth-order valence-electron chi connectivity index (χ4n) is 2.35. The van der Waals surface area contributed by atoms with Crippen LogP contribution in [0.15, 0.2) is 65.6 Å². The molecule has 2 amide bonds. The van der Waals surface area contributed by atoms with E-state index in [-0.39, 0.29) is 11.6 Å². The first-order valence-corrected chi connectivity index (χ1v) is 9.70. The van der Waals surface area contributed by atoms with Crippen LogP contribution in [0.25, 0.3) is 0 Å². The highest BCUT2D eigenvalue weighted by Crippen LogP contribution is 2.28. The number of nitro groups is 1. The van der Waals surface area contributed by atoms with Gasteiger partial charge in [0.2, 0.25) is 11.8 Å². The van der Waals surface area contributed by atoms with Gasteiger partial charge in [-0.05, 0) is 36.8 Å². The smallest absolute Gasteiger partial charge is 0.328 e. The molecule has 0 aliphatic rings. The summed E-state index contributed by atoms with van der Waals surface area (Å²) in [6.07, 6.45) is 2.18. The molecular weight excluding hydrogens is 410 g/mol. The van der Waals surface area contributed by atoms with E-state index in [0.717, 1.165) is 17.0 Å². The number of benzene rings is 2. The first-order valence-electron chi connectivity index (χ1n) is 8.82. The number of nitro benzene ring substituents is 1. The molecule has 0 radical (unpaired) electrons. The van der Waals surface area contributed by atoms with Gasteiger partial charge < -0.3 is 15.7 Å². The van der Waals surface area contributed by atoms with Gasteiger partial charge in [-0.2, -0.15) is 0 Å². The van der Waals surface area contributed by atoms with Gasteiger partial charge in [0.1, 0.15) is 0 Å². The maximum absolute atomic E-state index is 12.6. The molecule has 2 aromatic rings. The molecule has 0 bridgehead atoms. The quantitative estimate of drug-likeness (QED) is 0.239. The predicted octanol–water partition coefficient (Wildman–Crippen LogP) is 3.68. The van der Waals surface area contributed by atoms with Crippen molar-refractivity contribution in [2.24, 2.45) is 0 Å². The van der Waals surface area contributed by atoms with Crippen LogP contribution >= 0.6 is 11.8 Å². The van der Waals surface area contributed by atoms with Gasteiger partial charge in [-0.1, -0.05) is 13.0 Å². The highest BCUT2D eigenvalue weighted by molar-refractivity contribution is 8.00. The van der Waals surface area contributed by atoms with E-state index in [1.165, 1.54) is 36.0 Å². The Bertz CT molecular complexity index is 975. The number of aliphatic carboxylic acids is 1. The lowest BCUT2D eigenvalue weighted by molar-refractivity contribution is -0.384. The number of hydrogen-bond acceptors (Lipinski definition) is 6. The van der Waals surface area contributed by atoms with Gasteiger partial charge in [0.05, 0.1) is 10.2 Å². The van der Waals surface area contributed by atoms with E-state index in [0.29, 0.717) is 17.8 Å². The largest absolute Gasteiger partial charge is 0.478 e. The zero-order valence-electron chi connectivity index (χ0n) is 15.9. The molecule has 156 valence electrons. The van der Waals surface area contributed by atoms with Crippen molar-refractivity contribution in [1.82, 2.24) is 0 Å². The molecule has 9 nitrogen and oxygen atoms in total. The van der Waals surface area contributed by atoms with Gasteiger partial charge in [-0.25, -0.2) is 4.79 Å². The maximum atomic E-state index is 12.6. The first kappa shape index (κ1) is 22.6. The third kappa shape index (κ3) is 7.06. The van der Waals surface area contributed by atoms with E-state index in [1.54, 1.807) is 24.3 Å². The number of carboxylic acids is 1. The zero-order chi connectivity index (χ0) is 22.1. The number of nitrogens with zero attached hydrogens (tertiary/aromatic N) is 1. The summed E-state index contributed by atoms with van der Waals surface area (Å²) in [5.74, 6) is -2.06. The Labute approximate surface area is 176 Å². The van der Waals surface area contributed by atoms with Gasteiger partial charge in [0, 0.05) is 40.6 Å². The molecule has 1 unspecified atom stereocenters. The number of carboxylic acid groups (broad SMARTS) is 1. The highest BCUT2D eigenvalue weighted by Gasteiger charge is 2.19. The predicted molar refractivity (Wildman–Crippen MR) is 114 cm³/mol. The molecule has 1 atom stereocenters. The molecule has 0 aliphatic carbocycles. The van der Waals surface area contributed by atoms with Gasteiger partial charge in [0.15, 0.2) is 0 Å². The third-order valence-electron chi connectivity index (χ3n) is 3.77.